The van der Waals surface area contributed by atoms with E-state index in [9.17, 15) is 0 Å². The number of rotatable bonds is 4. The summed E-state index contributed by atoms with van der Waals surface area (Å²) < 4.78 is 7.78. The van der Waals surface area contributed by atoms with Crippen LogP contribution in [0, 0.1) is 0 Å². The Morgan fingerprint density at radius 3 is 2.89 bits per heavy atom. The highest BCUT2D eigenvalue weighted by Gasteiger charge is 2.24. The van der Waals surface area contributed by atoms with E-state index in [-0.39, 0.29) is 12.1 Å². The zero-order chi connectivity index (χ0) is 12.4. The summed E-state index contributed by atoms with van der Waals surface area (Å²) in [4.78, 5) is 0. The van der Waals surface area contributed by atoms with Crippen molar-refractivity contribution >= 4 is 0 Å². The van der Waals surface area contributed by atoms with E-state index in [1.165, 1.54) is 25.7 Å². The average Bonchev–Trinajstić information content (AvgIpc) is 3.12. The number of nitrogens with zero attached hydrogens (tertiary/aromatic N) is 2. The zero-order valence-electron chi connectivity index (χ0n) is 10.9. The van der Waals surface area contributed by atoms with Crippen molar-refractivity contribution in [3.05, 3.63) is 18.0 Å². The molecule has 4 heteroatoms. The van der Waals surface area contributed by atoms with E-state index in [4.69, 9.17) is 10.5 Å². The predicted octanol–water partition coefficient (Wildman–Crippen LogP) is 2.05. The molecular weight excluding hydrogens is 226 g/mol. The van der Waals surface area contributed by atoms with Gasteiger partial charge >= 0.3 is 0 Å². The topological polar surface area (TPSA) is 53.1 Å². The summed E-state index contributed by atoms with van der Waals surface area (Å²) in [5.41, 5.74) is 7.32. The van der Waals surface area contributed by atoms with Crippen molar-refractivity contribution in [2.75, 3.05) is 6.61 Å². The standard InChI is InChI=1S/C14H23N3O/c15-13(14-6-3-9-18-14)10-11-7-8-17(16-11)12-4-1-2-5-12/h7-8,12-14H,1-6,9-10,15H2. The van der Waals surface area contributed by atoms with Gasteiger partial charge in [0.2, 0.25) is 0 Å². The molecule has 1 aromatic heterocycles. The SMILES string of the molecule is NC(Cc1ccn(C2CCCC2)n1)C1CCCO1. The maximum Gasteiger partial charge on any atom is 0.0730 e. The third kappa shape index (κ3) is 2.59. The van der Waals surface area contributed by atoms with Crippen molar-refractivity contribution < 1.29 is 4.74 Å². The lowest BCUT2D eigenvalue weighted by molar-refractivity contribution is 0.0897. The van der Waals surface area contributed by atoms with Gasteiger partial charge in [-0.3, -0.25) is 4.68 Å². The number of aromatic nitrogens is 2. The maximum absolute atomic E-state index is 6.20. The third-order valence-electron chi connectivity index (χ3n) is 4.25. The minimum absolute atomic E-state index is 0.0967. The zero-order valence-corrected chi connectivity index (χ0v) is 10.9. The summed E-state index contributed by atoms with van der Waals surface area (Å²) in [6.45, 7) is 0.870. The first-order valence-electron chi connectivity index (χ1n) is 7.24. The van der Waals surface area contributed by atoms with E-state index in [1.807, 2.05) is 0 Å². The third-order valence-corrected chi connectivity index (χ3v) is 4.25. The number of nitrogens with two attached hydrogens (primary N) is 1. The van der Waals surface area contributed by atoms with Gasteiger partial charge in [-0.1, -0.05) is 12.8 Å². The fourth-order valence-corrected chi connectivity index (χ4v) is 3.17. The first-order valence-corrected chi connectivity index (χ1v) is 7.24. The first kappa shape index (κ1) is 12.2. The highest BCUT2D eigenvalue weighted by molar-refractivity contribution is 5.03. The van der Waals surface area contributed by atoms with Gasteiger partial charge in [-0.2, -0.15) is 5.10 Å². The Morgan fingerprint density at radius 1 is 1.33 bits per heavy atom. The fourth-order valence-electron chi connectivity index (χ4n) is 3.17. The Labute approximate surface area is 108 Å². The molecule has 100 valence electrons. The second kappa shape index (κ2) is 5.41. The Bertz CT molecular complexity index is 378. The van der Waals surface area contributed by atoms with Gasteiger partial charge in [-0.05, 0) is 31.7 Å². The van der Waals surface area contributed by atoms with Crippen LogP contribution in [0.2, 0.25) is 0 Å². The van der Waals surface area contributed by atoms with Crippen LogP contribution in [0.3, 0.4) is 0 Å². The van der Waals surface area contributed by atoms with E-state index in [0.29, 0.717) is 6.04 Å². The van der Waals surface area contributed by atoms with Gasteiger partial charge < -0.3 is 10.5 Å². The lowest BCUT2D eigenvalue weighted by Crippen LogP contribution is -2.36. The molecule has 4 nitrogen and oxygen atoms in total. The van der Waals surface area contributed by atoms with E-state index in [1.54, 1.807) is 0 Å². The highest BCUT2D eigenvalue weighted by Crippen LogP contribution is 2.28. The van der Waals surface area contributed by atoms with Gasteiger partial charge in [0, 0.05) is 25.3 Å². The van der Waals surface area contributed by atoms with Gasteiger partial charge in [0.1, 0.15) is 0 Å². The van der Waals surface area contributed by atoms with E-state index >= 15 is 0 Å². The molecule has 1 saturated carbocycles. The van der Waals surface area contributed by atoms with E-state index < -0.39 is 0 Å². The van der Waals surface area contributed by atoms with Crippen LogP contribution in [0.15, 0.2) is 12.3 Å². The Hall–Kier alpha value is -0.870. The van der Waals surface area contributed by atoms with Crippen LogP contribution < -0.4 is 5.73 Å². The van der Waals surface area contributed by atoms with Crippen LogP contribution in [0.5, 0.6) is 0 Å². The number of hydrogen-bond acceptors (Lipinski definition) is 3. The predicted molar refractivity (Wildman–Crippen MR) is 70.4 cm³/mol. The summed E-state index contributed by atoms with van der Waals surface area (Å²) in [5, 5.41) is 4.68. The van der Waals surface area contributed by atoms with Crippen LogP contribution in [-0.4, -0.2) is 28.5 Å². The van der Waals surface area contributed by atoms with Crippen molar-refractivity contribution in [2.24, 2.45) is 5.73 Å². The summed E-state index contributed by atoms with van der Waals surface area (Å²) >= 11 is 0. The normalized spacial score (nSPS) is 26.8. The van der Waals surface area contributed by atoms with Crippen LogP contribution in [0.4, 0.5) is 0 Å². The largest absolute Gasteiger partial charge is 0.377 e. The minimum atomic E-state index is 0.0967. The number of ether oxygens (including phenoxy) is 1. The van der Waals surface area contributed by atoms with Crippen molar-refractivity contribution in [3.8, 4) is 0 Å². The monoisotopic (exact) mass is 249 g/mol. The van der Waals surface area contributed by atoms with Crippen LogP contribution in [0.1, 0.15) is 50.3 Å². The molecule has 0 amide bonds. The summed E-state index contributed by atoms with van der Waals surface area (Å²) in [5.74, 6) is 0. The quantitative estimate of drug-likeness (QED) is 0.888. The van der Waals surface area contributed by atoms with Crippen LogP contribution >= 0.6 is 0 Å². The molecule has 1 aromatic rings. The molecule has 0 spiro atoms. The van der Waals surface area contributed by atoms with Crippen molar-refractivity contribution in [1.82, 2.24) is 9.78 Å². The van der Waals surface area contributed by atoms with Gasteiger partial charge in [0.05, 0.1) is 17.8 Å². The average molecular weight is 249 g/mol. The first-order chi connectivity index (χ1) is 8.83. The maximum atomic E-state index is 6.20. The molecule has 0 radical (unpaired) electrons. The second-order valence-electron chi connectivity index (χ2n) is 5.64. The summed E-state index contributed by atoms with van der Waals surface area (Å²) in [7, 11) is 0. The molecule has 1 saturated heterocycles. The van der Waals surface area contributed by atoms with Crippen molar-refractivity contribution in [2.45, 2.75) is 63.1 Å². The molecule has 3 rings (SSSR count). The molecule has 0 bridgehead atoms. The van der Waals surface area contributed by atoms with Gasteiger partial charge in [0.15, 0.2) is 0 Å². The fraction of sp³-hybridized carbons (Fsp3) is 0.786. The molecule has 1 aliphatic carbocycles. The van der Waals surface area contributed by atoms with E-state index in [0.717, 1.165) is 31.6 Å². The molecule has 1 aliphatic heterocycles. The van der Waals surface area contributed by atoms with Gasteiger partial charge in [-0.25, -0.2) is 0 Å². The lowest BCUT2D eigenvalue weighted by atomic mass is 10.0. The number of hydrogen-bond donors (Lipinski definition) is 1. The van der Waals surface area contributed by atoms with Crippen LogP contribution in [0.25, 0.3) is 0 Å². The molecule has 2 fully saturated rings. The molecule has 18 heavy (non-hydrogen) atoms. The molecular formula is C14H23N3O. The molecule has 2 atom stereocenters. The van der Waals surface area contributed by atoms with Gasteiger partial charge in [-0.15, -0.1) is 0 Å². The summed E-state index contributed by atoms with van der Waals surface area (Å²) in [6, 6.07) is 2.84. The molecule has 2 heterocycles. The smallest absolute Gasteiger partial charge is 0.0730 e. The van der Waals surface area contributed by atoms with Crippen LogP contribution in [-0.2, 0) is 11.2 Å². The summed E-state index contributed by atoms with van der Waals surface area (Å²) in [6.07, 6.45) is 10.7. The molecule has 0 aromatic carbocycles. The second-order valence-corrected chi connectivity index (χ2v) is 5.64. The van der Waals surface area contributed by atoms with Gasteiger partial charge in [0.25, 0.3) is 0 Å². The Morgan fingerprint density at radius 2 is 2.17 bits per heavy atom. The highest BCUT2D eigenvalue weighted by atomic mass is 16.5. The Kier molecular flexibility index (Phi) is 3.66. The molecule has 2 N–H and O–H groups in total. The minimum Gasteiger partial charge on any atom is -0.377 e. The van der Waals surface area contributed by atoms with Crippen molar-refractivity contribution in [3.63, 3.8) is 0 Å². The molecule has 2 aliphatic rings. The Balaban J connectivity index is 1.58. The lowest BCUT2D eigenvalue weighted by Gasteiger charge is -2.17. The van der Waals surface area contributed by atoms with Crippen molar-refractivity contribution in [1.29, 1.82) is 0 Å². The molecule has 2 unspecified atom stereocenters. The van der Waals surface area contributed by atoms with E-state index in [2.05, 4.69) is 22.0 Å².